The Bertz CT molecular complexity index is 724. The number of amides is 2. The number of hydrogen-bond donors (Lipinski definition) is 1. The van der Waals surface area contributed by atoms with Gasteiger partial charge in [0.2, 0.25) is 11.8 Å². The molecule has 2 aromatic rings. The SMILES string of the molecule is CN(C)C(=O)CCC(=O)N1Cc2[nH]cnc2C(c2ccccc2)C1. The molecule has 6 nitrogen and oxygen atoms in total. The third-order valence-corrected chi connectivity index (χ3v) is 4.44. The van der Waals surface area contributed by atoms with E-state index in [1.165, 1.54) is 4.90 Å². The predicted molar refractivity (Wildman–Crippen MR) is 90.2 cm³/mol. The number of hydrogen-bond acceptors (Lipinski definition) is 3. The fourth-order valence-corrected chi connectivity index (χ4v) is 3.05. The molecule has 0 bridgehead atoms. The second-order valence-corrected chi connectivity index (χ2v) is 6.29. The summed E-state index contributed by atoms with van der Waals surface area (Å²) in [6, 6.07) is 10.1. The molecule has 1 aromatic carbocycles. The highest BCUT2D eigenvalue weighted by Crippen LogP contribution is 2.31. The highest BCUT2D eigenvalue weighted by atomic mass is 16.2. The van der Waals surface area contributed by atoms with Gasteiger partial charge >= 0.3 is 0 Å². The van der Waals surface area contributed by atoms with E-state index in [2.05, 4.69) is 22.1 Å². The minimum Gasteiger partial charge on any atom is -0.349 e. The molecule has 0 radical (unpaired) electrons. The fraction of sp³-hybridized carbons (Fsp3) is 0.389. The van der Waals surface area contributed by atoms with Gasteiger partial charge in [0.1, 0.15) is 0 Å². The molecule has 24 heavy (non-hydrogen) atoms. The van der Waals surface area contributed by atoms with Crippen LogP contribution in [0.2, 0.25) is 0 Å². The van der Waals surface area contributed by atoms with Crippen molar-refractivity contribution in [3.63, 3.8) is 0 Å². The van der Waals surface area contributed by atoms with E-state index in [-0.39, 0.29) is 30.6 Å². The molecule has 0 saturated heterocycles. The largest absolute Gasteiger partial charge is 0.349 e. The van der Waals surface area contributed by atoms with Crippen LogP contribution in [0.15, 0.2) is 36.7 Å². The summed E-state index contributed by atoms with van der Waals surface area (Å²) in [4.78, 5) is 35.2. The Morgan fingerprint density at radius 1 is 1.25 bits per heavy atom. The van der Waals surface area contributed by atoms with Gasteiger partial charge in [-0.05, 0) is 5.56 Å². The first-order valence-corrected chi connectivity index (χ1v) is 8.11. The summed E-state index contributed by atoms with van der Waals surface area (Å²) in [7, 11) is 3.41. The van der Waals surface area contributed by atoms with Crippen LogP contribution in [0.1, 0.15) is 35.7 Å². The molecule has 1 aliphatic heterocycles. The van der Waals surface area contributed by atoms with Crippen LogP contribution in [0.25, 0.3) is 0 Å². The van der Waals surface area contributed by atoms with Crippen LogP contribution in [0.3, 0.4) is 0 Å². The van der Waals surface area contributed by atoms with Gasteiger partial charge in [0.05, 0.1) is 24.3 Å². The van der Waals surface area contributed by atoms with Crippen LogP contribution in [-0.2, 0) is 16.1 Å². The quantitative estimate of drug-likeness (QED) is 0.931. The molecule has 2 amide bonds. The van der Waals surface area contributed by atoms with E-state index in [9.17, 15) is 9.59 Å². The molecule has 1 aromatic heterocycles. The zero-order valence-corrected chi connectivity index (χ0v) is 14.0. The number of carbonyl (C=O) groups excluding carboxylic acids is 2. The van der Waals surface area contributed by atoms with Crippen LogP contribution in [0, 0.1) is 0 Å². The third kappa shape index (κ3) is 3.32. The van der Waals surface area contributed by atoms with Crippen molar-refractivity contribution in [1.82, 2.24) is 19.8 Å². The highest BCUT2D eigenvalue weighted by molar-refractivity contribution is 5.83. The van der Waals surface area contributed by atoms with Crippen molar-refractivity contribution >= 4 is 11.8 Å². The zero-order valence-electron chi connectivity index (χ0n) is 14.0. The third-order valence-electron chi connectivity index (χ3n) is 4.44. The summed E-state index contributed by atoms with van der Waals surface area (Å²) < 4.78 is 0. The molecule has 126 valence electrons. The Kier molecular flexibility index (Phi) is 4.64. The van der Waals surface area contributed by atoms with Gasteiger partial charge in [-0.15, -0.1) is 0 Å². The predicted octanol–water partition coefficient (Wildman–Crippen LogP) is 1.75. The Hall–Kier alpha value is -2.63. The molecule has 3 rings (SSSR count). The van der Waals surface area contributed by atoms with Crippen LogP contribution in [0.5, 0.6) is 0 Å². The number of aromatic nitrogens is 2. The number of benzene rings is 1. The number of rotatable bonds is 4. The van der Waals surface area contributed by atoms with Crippen LogP contribution < -0.4 is 0 Å². The number of fused-ring (bicyclic) bond motifs is 1. The summed E-state index contributed by atoms with van der Waals surface area (Å²) in [6.07, 6.45) is 2.17. The van der Waals surface area contributed by atoms with Crippen molar-refractivity contribution in [2.75, 3.05) is 20.6 Å². The summed E-state index contributed by atoms with van der Waals surface area (Å²) >= 11 is 0. The number of H-pyrrole nitrogens is 1. The van der Waals surface area contributed by atoms with Gasteiger partial charge in [0.25, 0.3) is 0 Å². The standard InChI is InChI=1S/C18H22N4O2/c1-21(2)16(23)8-9-17(24)22-10-14(13-6-4-3-5-7-13)18-15(11-22)19-12-20-18/h3-7,12,14H,8-11H2,1-2H3,(H,19,20). The van der Waals surface area contributed by atoms with Gasteiger partial charge in [0.15, 0.2) is 0 Å². The summed E-state index contributed by atoms with van der Waals surface area (Å²) in [6.45, 7) is 1.12. The van der Waals surface area contributed by atoms with Crippen molar-refractivity contribution in [1.29, 1.82) is 0 Å². The number of carbonyl (C=O) groups is 2. The maximum atomic E-state index is 12.6. The lowest BCUT2D eigenvalue weighted by Crippen LogP contribution is -2.39. The van der Waals surface area contributed by atoms with Crippen molar-refractivity contribution in [3.05, 3.63) is 53.6 Å². The molecule has 2 heterocycles. The average Bonchev–Trinajstić information content (AvgIpc) is 3.07. The van der Waals surface area contributed by atoms with E-state index in [1.54, 1.807) is 20.4 Å². The molecule has 6 heteroatoms. The molecule has 0 spiro atoms. The fourth-order valence-electron chi connectivity index (χ4n) is 3.05. The van der Waals surface area contributed by atoms with Gasteiger partial charge in [-0.3, -0.25) is 9.59 Å². The molecule has 1 aliphatic rings. The first-order chi connectivity index (χ1) is 11.6. The van der Waals surface area contributed by atoms with Crippen LogP contribution in [0.4, 0.5) is 0 Å². The second kappa shape index (κ2) is 6.86. The van der Waals surface area contributed by atoms with Gasteiger partial charge in [-0.2, -0.15) is 0 Å². The van der Waals surface area contributed by atoms with E-state index in [4.69, 9.17) is 0 Å². The summed E-state index contributed by atoms with van der Waals surface area (Å²) in [5.41, 5.74) is 3.13. The Labute approximate surface area is 141 Å². The topological polar surface area (TPSA) is 69.3 Å². The number of nitrogens with one attached hydrogen (secondary N) is 1. The van der Waals surface area contributed by atoms with E-state index in [1.807, 2.05) is 23.1 Å². The van der Waals surface area contributed by atoms with Gasteiger partial charge in [0, 0.05) is 39.4 Å². The number of nitrogens with zero attached hydrogens (tertiary/aromatic N) is 3. The average molecular weight is 326 g/mol. The van der Waals surface area contributed by atoms with E-state index in [0.29, 0.717) is 13.1 Å². The molecule has 1 atom stereocenters. The highest BCUT2D eigenvalue weighted by Gasteiger charge is 2.31. The molecule has 1 N–H and O–H groups in total. The van der Waals surface area contributed by atoms with Crippen molar-refractivity contribution in [2.24, 2.45) is 0 Å². The normalized spacial score (nSPS) is 16.6. The molecular formula is C18H22N4O2. The second-order valence-electron chi connectivity index (χ2n) is 6.29. The van der Waals surface area contributed by atoms with Crippen LogP contribution in [-0.4, -0.2) is 52.2 Å². The first kappa shape index (κ1) is 16.2. The summed E-state index contributed by atoms with van der Waals surface area (Å²) in [5, 5.41) is 0. The Morgan fingerprint density at radius 2 is 2.00 bits per heavy atom. The monoisotopic (exact) mass is 326 g/mol. The Morgan fingerprint density at radius 3 is 2.71 bits per heavy atom. The van der Waals surface area contributed by atoms with Crippen molar-refractivity contribution < 1.29 is 9.59 Å². The van der Waals surface area contributed by atoms with Gasteiger partial charge in [-0.25, -0.2) is 4.98 Å². The number of imidazole rings is 1. The summed E-state index contributed by atoms with van der Waals surface area (Å²) in [5.74, 6) is 0.0447. The molecule has 1 unspecified atom stereocenters. The minimum atomic E-state index is -0.0257. The van der Waals surface area contributed by atoms with Crippen molar-refractivity contribution in [3.8, 4) is 0 Å². The zero-order chi connectivity index (χ0) is 17.1. The first-order valence-electron chi connectivity index (χ1n) is 8.11. The molecule has 0 saturated carbocycles. The minimum absolute atomic E-state index is 0.00591. The lowest BCUT2D eigenvalue weighted by molar-refractivity contribution is -0.136. The van der Waals surface area contributed by atoms with E-state index < -0.39 is 0 Å². The van der Waals surface area contributed by atoms with Gasteiger partial charge in [-0.1, -0.05) is 30.3 Å². The molecule has 0 aliphatic carbocycles. The Balaban J connectivity index is 1.75. The van der Waals surface area contributed by atoms with Gasteiger partial charge < -0.3 is 14.8 Å². The molecule has 0 fully saturated rings. The number of aromatic amines is 1. The molecular weight excluding hydrogens is 304 g/mol. The lowest BCUT2D eigenvalue weighted by Gasteiger charge is -2.32. The van der Waals surface area contributed by atoms with E-state index >= 15 is 0 Å². The van der Waals surface area contributed by atoms with Crippen molar-refractivity contribution in [2.45, 2.75) is 25.3 Å². The maximum absolute atomic E-state index is 12.6. The van der Waals surface area contributed by atoms with Crippen LogP contribution >= 0.6 is 0 Å². The maximum Gasteiger partial charge on any atom is 0.223 e. The van der Waals surface area contributed by atoms with E-state index in [0.717, 1.165) is 17.0 Å². The lowest BCUT2D eigenvalue weighted by atomic mass is 9.91. The smallest absolute Gasteiger partial charge is 0.223 e.